The van der Waals surface area contributed by atoms with Crippen molar-refractivity contribution in [1.29, 1.82) is 0 Å². The number of anilines is 1. The number of piperidine rings is 1. The number of aliphatic hydroxyl groups excluding tert-OH is 1. The Morgan fingerprint density at radius 3 is 2.57 bits per heavy atom. The molecule has 2 atom stereocenters. The Morgan fingerprint density at radius 2 is 1.75 bits per heavy atom. The van der Waals surface area contributed by atoms with Gasteiger partial charge in [-0.2, -0.15) is 0 Å². The van der Waals surface area contributed by atoms with Crippen LogP contribution in [0.3, 0.4) is 0 Å². The minimum atomic E-state index is -0.206. The molecule has 0 bridgehead atoms. The van der Waals surface area contributed by atoms with Crippen LogP contribution in [-0.4, -0.2) is 53.3 Å². The summed E-state index contributed by atoms with van der Waals surface area (Å²) in [6.45, 7) is 4.11. The van der Waals surface area contributed by atoms with Crippen molar-refractivity contribution in [1.82, 2.24) is 9.88 Å². The fourth-order valence-electron chi connectivity index (χ4n) is 5.45. The molecule has 0 amide bonds. The second-order valence-electron chi connectivity index (χ2n) is 8.87. The van der Waals surface area contributed by atoms with Crippen LogP contribution in [0, 0.1) is 5.92 Å². The Kier molecular flexibility index (Phi) is 5.08. The molecule has 28 heavy (non-hydrogen) atoms. The molecule has 0 spiro atoms. The molecule has 2 saturated heterocycles. The third-order valence-corrected chi connectivity index (χ3v) is 7.11. The molecule has 4 heteroatoms. The van der Waals surface area contributed by atoms with Crippen molar-refractivity contribution < 1.29 is 5.11 Å². The highest BCUT2D eigenvalue weighted by molar-refractivity contribution is 5.52. The maximum atomic E-state index is 10.6. The first kappa shape index (κ1) is 18.1. The number of hydrogen-bond acceptors (Lipinski definition) is 4. The van der Waals surface area contributed by atoms with Crippen LogP contribution in [0.1, 0.15) is 36.0 Å². The molecule has 2 fully saturated rings. The molecule has 5 rings (SSSR count). The number of rotatable bonds is 4. The SMILES string of the molecule is O[C@H]1CN(C2CCN(c3ccc4c(c3)CCC4)CC2)C[C@H]1Cc1ccncc1. The summed E-state index contributed by atoms with van der Waals surface area (Å²) in [5.41, 5.74) is 5.83. The molecule has 1 N–H and O–H groups in total. The highest BCUT2D eigenvalue weighted by atomic mass is 16.3. The number of nitrogens with zero attached hydrogens (tertiary/aromatic N) is 3. The average molecular weight is 378 g/mol. The van der Waals surface area contributed by atoms with Crippen molar-refractivity contribution in [3.05, 3.63) is 59.4 Å². The maximum Gasteiger partial charge on any atom is 0.0710 e. The molecule has 0 unspecified atom stereocenters. The molecule has 3 aliphatic rings. The molecule has 4 nitrogen and oxygen atoms in total. The van der Waals surface area contributed by atoms with Gasteiger partial charge in [-0.15, -0.1) is 0 Å². The number of aromatic nitrogens is 1. The van der Waals surface area contributed by atoms with Crippen LogP contribution in [0.5, 0.6) is 0 Å². The van der Waals surface area contributed by atoms with Crippen LogP contribution in [0.15, 0.2) is 42.7 Å². The summed E-state index contributed by atoms with van der Waals surface area (Å²) >= 11 is 0. The number of fused-ring (bicyclic) bond motifs is 1. The van der Waals surface area contributed by atoms with E-state index in [1.54, 1.807) is 11.1 Å². The molecule has 1 aromatic heterocycles. The normalized spacial score (nSPS) is 26.0. The number of hydrogen-bond donors (Lipinski definition) is 1. The fourth-order valence-corrected chi connectivity index (χ4v) is 5.45. The molecule has 1 aliphatic carbocycles. The quantitative estimate of drug-likeness (QED) is 0.889. The van der Waals surface area contributed by atoms with Crippen LogP contribution in [-0.2, 0) is 19.3 Å². The Bertz CT molecular complexity index is 801. The average Bonchev–Trinajstić information content (AvgIpc) is 3.35. The summed E-state index contributed by atoms with van der Waals surface area (Å²) in [5, 5.41) is 10.6. The number of pyridine rings is 1. The van der Waals surface area contributed by atoms with Crippen molar-refractivity contribution in [3.63, 3.8) is 0 Å². The van der Waals surface area contributed by atoms with Gasteiger partial charge in [0.15, 0.2) is 0 Å². The Hall–Kier alpha value is -1.91. The van der Waals surface area contributed by atoms with Crippen molar-refractivity contribution in [3.8, 4) is 0 Å². The topological polar surface area (TPSA) is 39.6 Å². The predicted octanol–water partition coefficient (Wildman–Crippen LogP) is 3.07. The largest absolute Gasteiger partial charge is 0.391 e. The Labute approximate surface area is 168 Å². The van der Waals surface area contributed by atoms with E-state index in [0.717, 1.165) is 32.6 Å². The van der Waals surface area contributed by atoms with Crippen molar-refractivity contribution in [2.45, 2.75) is 50.7 Å². The zero-order valence-electron chi connectivity index (χ0n) is 16.6. The van der Waals surface area contributed by atoms with Gasteiger partial charge in [-0.25, -0.2) is 0 Å². The molecular weight excluding hydrogens is 346 g/mol. The van der Waals surface area contributed by atoms with Crippen LogP contribution >= 0.6 is 0 Å². The number of aryl methyl sites for hydroxylation is 2. The van der Waals surface area contributed by atoms with E-state index in [1.165, 1.54) is 43.4 Å². The first-order valence-electron chi connectivity index (χ1n) is 10.9. The summed E-state index contributed by atoms with van der Waals surface area (Å²) in [5.74, 6) is 0.345. The lowest BCUT2D eigenvalue weighted by atomic mass is 9.97. The van der Waals surface area contributed by atoms with Gasteiger partial charge in [-0.05, 0) is 79.5 Å². The van der Waals surface area contributed by atoms with Gasteiger partial charge in [0.1, 0.15) is 0 Å². The summed E-state index contributed by atoms with van der Waals surface area (Å²) in [6.07, 6.45) is 10.7. The van der Waals surface area contributed by atoms with Crippen LogP contribution < -0.4 is 4.90 Å². The number of benzene rings is 1. The van der Waals surface area contributed by atoms with E-state index < -0.39 is 0 Å². The van der Waals surface area contributed by atoms with E-state index in [1.807, 2.05) is 12.4 Å². The zero-order chi connectivity index (χ0) is 18.9. The zero-order valence-corrected chi connectivity index (χ0v) is 16.6. The maximum absolute atomic E-state index is 10.6. The monoisotopic (exact) mass is 377 g/mol. The third-order valence-electron chi connectivity index (χ3n) is 7.11. The first-order valence-corrected chi connectivity index (χ1v) is 10.9. The van der Waals surface area contributed by atoms with Crippen LogP contribution in [0.4, 0.5) is 5.69 Å². The van der Waals surface area contributed by atoms with Crippen molar-refractivity contribution >= 4 is 5.69 Å². The lowest BCUT2D eigenvalue weighted by Crippen LogP contribution is -2.44. The van der Waals surface area contributed by atoms with Crippen LogP contribution in [0.2, 0.25) is 0 Å². The van der Waals surface area contributed by atoms with E-state index in [9.17, 15) is 5.11 Å². The molecule has 2 aliphatic heterocycles. The predicted molar refractivity (Wildman–Crippen MR) is 113 cm³/mol. The fraction of sp³-hybridized carbons (Fsp3) is 0.542. The number of aliphatic hydroxyl groups is 1. The smallest absolute Gasteiger partial charge is 0.0710 e. The van der Waals surface area contributed by atoms with E-state index in [-0.39, 0.29) is 6.10 Å². The summed E-state index contributed by atoms with van der Waals surface area (Å²) in [6, 6.07) is 11.9. The Morgan fingerprint density at radius 1 is 0.964 bits per heavy atom. The van der Waals surface area contributed by atoms with Gasteiger partial charge >= 0.3 is 0 Å². The first-order chi connectivity index (χ1) is 13.8. The lowest BCUT2D eigenvalue weighted by Gasteiger charge is -2.38. The van der Waals surface area contributed by atoms with Gasteiger partial charge in [-0.1, -0.05) is 6.07 Å². The summed E-state index contributed by atoms with van der Waals surface area (Å²) in [7, 11) is 0. The minimum Gasteiger partial charge on any atom is -0.391 e. The van der Waals surface area contributed by atoms with Gasteiger partial charge in [0.2, 0.25) is 0 Å². The van der Waals surface area contributed by atoms with Crippen molar-refractivity contribution in [2.24, 2.45) is 5.92 Å². The van der Waals surface area contributed by atoms with Crippen LogP contribution in [0.25, 0.3) is 0 Å². The molecule has 148 valence electrons. The van der Waals surface area contributed by atoms with Gasteiger partial charge in [0, 0.05) is 56.2 Å². The molecule has 3 heterocycles. The summed E-state index contributed by atoms with van der Waals surface area (Å²) in [4.78, 5) is 9.22. The van der Waals surface area contributed by atoms with Gasteiger partial charge < -0.3 is 10.0 Å². The number of β-amino-alcohol motifs (C(OH)–C–C–N with tert-alkyl or cyclic N) is 1. The standard InChI is InChI=1S/C24H31N3O/c28-24-17-27(16-21(24)14-18-6-10-25-11-7-18)22-8-12-26(13-9-22)23-5-4-19-2-1-3-20(19)15-23/h4-7,10-11,15,21-22,24,28H,1-3,8-9,12-14,16-17H2/t21-,24+/m1/s1. The van der Waals surface area contributed by atoms with E-state index in [4.69, 9.17) is 0 Å². The number of likely N-dealkylation sites (tertiary alicyclic amines) is 1. The highest BCUT2D eigenvalue weighted by Crippen LogP contribution is 2.31. The Balaban J connectivity index is 1.17. The van der Waals surface area contributed by atoms with Crippen molar-refractivity contribution in [2.75, 3.05) is 31.1 Å². The third kappa shape index (κ3) is 3.68. The van der Waals surface area contributed by atoms with Gasteiger partial charge in [-0.3, -0.25) is 9.88 Å². The van der Waals surface area contributed by atoms with E-state index in [0.29, 0.717) is 12.0 Å². The molecular formula is C24H31N3O. The molecule has 0 radical (unpaired) electrons. The van der Waals surface area contributed by atoms with Gasteiger partial charge in [0.05, 0.1) is 6.10 Å². The second-order valence-corrected chi connectivity index (χ2v) is 8.87. The summed E-state index contributed by atoms with van der Waals surface area (Å²) < 4.78 is 0. The molecule has 1 aromatic carbocycles. The van der Waals surface area contributed by atoms with E-state index in [2.05, 4.69) is 45.1 Å². The highest BCUT2D eigenvalue weighted by Gasteiger charge is 2.36. The van der Waals surface area contributed by atoms with Gasteiger partial charge in [0.25, 0.3) is 0 Å². The minimum absolute atomic E-state index is 0.206. The molecule has 2 aromatic rings. The molecule has 0 saturated carbocycles. The second kappa shape index (κ2) is 7.84. The van der Waals surface area contributed by atoms with E-state index >= 15 is 0 Å². The lowest BCUT2D eigenvalue weighted by molar-refractivity contribution is 0.132.